The second-order valence-electron chi connectivity index (χ2n) is 13.8. The molecule has 12 heteroatoms. The lowest BCUT2D eigenvalue weighted by Crippen LogP contribution is -2.34. The van der Waals surface area contributed by atoms with Crippen LogP contribution < -0.4 is 5.73 Å². The van der Waals surface area contributed by atoms with Crippen LogP contribution in [0.4, 0.5) is 0 Å². The van der Waals surface area contributed by atoms with Crippen molar-refractivity contribution in [3.8, 4) is 0 Å². The fourth-order valence-corrected chi connectivity index (χ4v) is 5.98. The second-order valence-corrected chi connectivity index (χ2v) is 15.3. The molecule has 0 aromatic rings. The highest BCUT2D eigenvalue weighted by molar-refractivity contribution is 7.47. The predicted molar refractivity (Wildman–Crippen MR) is 226 cm³/mol. The number of carboxylic acid groups (broad SMARTS) is 1. The second kappa shape index (κ2) is 38.8. The third kappa shape index (κ3) is 37.8. The van der Waals surface area contributed by atoms with Gasteiger partial charge in [0.25, 0.3) is 0 Å². The van der Waals surface area contributed by atoms with Gasteiger partial charge in [-0.15, -0.1) is 0 Å². The average Bonchev–Trinajstić information content (AvgIpc) is 3.17. The topological polar surface area (TPSA) is 172 Å². The van der Waals surface area contributed by atoms with E-state index in [0.29, 0.717) is 12.8 Å². The molecule has 3 atom stereocenters. The lowest BCUT2D eigenvalue weighted by atomic mass is 10.1. The summed E-state index contributed by atoms with van der Waals surface area (Å²) in [6.07, 6.45) is 46.1. The maximum atomic E-state index is 12.6. The highest BCUT2D eigenvalue weighted by Gasteiger charge is 2.28. The van der Waals surface area contributed by atoms with E-state index in [1.807, 2.05) is 18.2 Å². The Hall–Kier alpha value is -3.08. The first-order valence-electron chi connectivity index (χ1n) is 21.0. The van der Waals surface area contributed by atoms with Crippen molar-refractivity contribution in [1.29, 1.82) is 0 Å². The molecule has 0 saturated carbocycles. The third-order valence-corrected chi connectivity index (χ3v) is 9.48. The van der Waals surface area contributed by atoms with Crippen molar-refractivity contribution >= 4 is 25.7 Å². The van der Waals surface area contributed by atoms with Crippen LogP contribution in [0.15, 0.2) is 72.9 Å². The van der Waals surface area contributed by atoms with Gasteiger partial charge in [0, 0.05) is 12.5 Å². The maximum Gasteiger partial charge on any atom is 0.472 e. The molecule has 0 heterocycles. The summed E-state index contributed by atoms with van der Waals surface area (Å²) in [5, 5.41) is 8.87. The third-order valence-electron chi connectivity index (χ3n) is 8.53. The minimum absolute atomic E-state index is 0.0625. The number of ether oxygens (including phenoxy) is 2. The molecule has 1 unspecified atom stereocenters. The minimum atomic E-state index is -4.75. The largest absolute Gasteiger partial charge is 0.480 e. The predicted octanol–water partition coefficient (Wildman–Crippen LogP) is 10.9. The number of unbranched alkanes of at least 4 members (excludes halogenated alkanes) is 15. The van der Waals surface area contributed by atoms with Crippen molar-refractivity contribution in [1.82, 2.24) is 0 Å². The van der Waals surface area contributed by atoms with Gasteiger partial charge >= 0.3 is 25.7 Å². The molecule has 0 aromatic heterocycles. The van der Waals surface area contributed by atoms with Crippen molar-refractivity contribution in [2.24, 2.45) is 5.73 Å². The Kier molecular flexibility index (Phi) is 36.6. The summed E-state index contributed by atoms with van der Waals surface area (Å²) < 4.78 is 32.4. The summed E-state index contributed by atoms with van der Waals surface area (Å²) >= 11 is 0. The monoisotopic (exact) mass is 808 g/mol. The zero-order valence-corrected chi connectivity index (χ0v) is 35.3. The summed E-state index contributed by atoms with van der Waals surface area (Å²) in [4.78, 5) is 45.7. The summed E-state index contributed by atoms with van der Waals surface area (Å²) in [6.45, 7) is 2.58. The Morgan fingerprint density at radius 1 is 0.607 bits per heavy atom. The molecule has 0 aliphatic rings. The Morgan fingerprint density at radius 2 is 1.07 bits per heavy atom. The Morgan fingerprint density at radius 3 is 1.64 bits per heavy atom. The number of aliphatic carboxylic acids is 1. The van der Waals surface area contributed by atoms with Gasteiger partial charge in [0.1, 0.15) is 12.6 Å². The number of nitrogens with two attached hydrogens (primary N) is 1. The Labute approximate surface area is 338 Å². The van der Waals surface area contributed by atoms with Crippen molar-refractivity contribution in [2.75, 3.05) is 19.8 Å². The lowest BCUT2D eigenvalue weighted by molar-refractivity contribution is -0.159. The van der Waals surface area contributed by atoms with E-state index in [4.69, 9.17) is 24.8 Å². The molecule has 4 N–H and O–H groups in total. The molecule has 0 amide bonds. The first-order chi connectivity index (χ1) is 27.1. The van der Waals surface area contributed by atoms with Gasteiger partial charge in [-0.3, -0.25) is 18.6 Å². The van der Waals surface area contributed by atoms with E-state index in [2.05, 4.69) is 54.8 Å². The smallest absolute Gasteiger partial charge is 0.472 e. The number of carboxylic acids is 1. The molecular weight excluding hydrogens is 733 g/mol. The number of hydrogen-bond donors (Lipinski definition) is 3. The molecule has 0 aliphatic carbocycles. The van der Waals surface area contributed by atoms with Crippen molar-refractivity contribution in [3.63, 3.8) is 0 Å². The van der Waals surface area contributed by atoms with E-state index in [0.717, 1.165) is 38.5 Å². The highest BCUT2D eigenvalue weighted by atomic mass is 31.2. The molecule has 0 fully saturated rings. The number of carbonyl (C=O) groups excluding carboxylic acids is 2. The summed E-state index contributed by atoms with van der Waals surface area (Å²) in [5.74, 6) is -2.72. The van der Waals surface area contributed by atoms with Gasteiger partial charge in [-0.2, -0.15) is 0 Å². The number of phosphoric acid groups is 1. The quantitative estimate of drug-likeness (QED) is 0.0135. The minimum Gasteiger partial charge on any atom is -0.480 e. The Balaban J connectivity index is 4.60. The first-order valence-corrected chi connectivity index (χ1v) is 22.5. The molecule has 56 heavy (non-hydrogen) atoms. The van der Waals surface area contributed by atoms with E-state index in [-0.39, 0.29) is 6.42 Å². The van der Waals surface area contributed by atoms with Crippen molar-refractivity contribution < 1.29 is 47.5 Å². The zero-order chi connectivity index (χ0) is 41.4. The van der Waals surface area contributed by atoms with Crippen LogP contribution in [0.25, 0.3) is 0 Å². The van der Waals surface area contributed by atoms with Crippen LogP contribution in [0.3, 0.4) is 0 Å². The fourth-order valence-electron chi connectivity index (χ4n) is 5.21. The molecule has 0 bridgehead atoms. The van der Waals surface area contributed by atoms with Crippen molar-refractivity contribution in [3.05, 3.63) is 72.9 Å². The Bertz CT molecular complexity index is 1230. The standard InChI is InChI=1S/C44H74NO10P/c1-3-5-7-9-11-13-15-17-19-20-22-24-26-28-30-32-34-36-43(47)55-40(38-53-56(50,51)54-39-41(45)44(48)49)37-52-42(46)35-33-31-29-27-25-23-21-18-16-14-12-10-8-6-4-2/h11,13,17,19,22,24,28-31,33,35,40-41H,3-10,12,14-16,18,20-21,23,25-27,32,34,36-39,45H2,1-2H3,(H,48,49)(H,50,51)/b13-11+,19-17+,24-22+,30-28+,31-29+,35-33+/t40-,41+/m1/s1. The van der Waals surface area contributed by atoms with Gasteiger partial charge in [0.05, 0.1) is 13.2 Å². The number of hydrogen-bond acceptors (Lipinski definition) is 9. The molecule has 0 aromatic carbocycles. The number of allylic oxidation sites excluding steroid dienone is 11. The maximum absolute atomic E-state index is 12.6. The first kappa shape index (κ1) is 52.9. The molecule has 0 aliphatic heterocycles. The van der Waals surface area contributed by atoms with Gasteiger partial charge < -0.3 is 25.2 Å². The molecule has 0 saturated heterocycles. The molecule has 320 valence electrons. The van der Waals surface area contributed by atoms with Crippen LogP contribution >= 0.6 is 7.82 Å². The van der Waals surface area contributed by atoms with Crippen LogP contribution in [0.5, 0.6) is 0 Å². The van der Waals surface area contributed by atoms with Crippen LogP contribution in [-0.2, 0) is 37.5 Å². The number of esters is 2. The van der Waals surface area contributed by atoms with Gasteiger partial charge in [0.2, 0.25) is 0 Å². The van der Waals surface area contributed by atoms with Gasteiger partial charge in [-0.25, -0.2) is 9.36 Å². The van der Waals surface area contributed by atoms with Gasteiger partial charge in [-0.1, -0.05) is 158 Å². The zero-order valence-electron chi connectivity index (χ0n) is 34.4. The molecular formula is C44H74NO10P. The van der Waals surface area contributed by atoms with E-state index < -0.39 is 57.7 Å². The normalized spacial score (nSPS) is 14.5. The summed E-state index contributed by atoms with van der Waals surface area (Å²) in [6, 6.07) is -1.54. The molecule has 0 radical (unpaired) electrons. The lowest BCUT2D eigenvalue weighted by Gasteiger charge is -2.20. The number of rotatable bonds is 38. The molecule has 0 rings (SSSR count). The van der Waals surface area contributed by atoms with Crippen LogP contribution in [0.1, 0.15) is 155 Å². The summed E-state index contributed by atoms with van der Waals surface area (Å²) in [5.41, 5.74) is 5.31. The molecule has 0 spiro atoms. The van der Waals surface area contributed by atoms with Crippen molar-refractivity contribution in [2.45, 2.75) is 167 Å². The van der Waals surface area contributed by atoms with Crippen LogP contribution in [-0.4, -0.2) is 59.9 Å². The average molecular weight is 808 g/mol. The van der Waals surface area contributed by atoms with Gasteiger partial charge in [0.15, 0.2) is 6.10 Å². The number of phosphoric ester groups is 1. The van der Waals surface area contributed by atoms with E-state index in [1.165, 1.54) is 89.5 Å². The summed E-state index contributed by atoms with van der Waals surface area (Å²) in [7, 11) is -4.75. The SMILES string of the molecule is CCCCC/C=C/C/C=C/C/C=C/C/C=C/CCCC(=O)O[C@H](COC(=O)/C=C/C=C/CCCCCCCCCCCCC)COP(=O)(O)OC[C@H](N)C(=O)O. The van der Waals surface area contributed by atoms with Gasteiger partial charge in [-0.05, 0) is 57.8 Å². The van der Waals surface area contributed by atoms with Crippen LogP contribution in [0, 0.1) is 0 Å². The van der Waals surface area contributed by atoms with E-state index in [9.17, 15) is 23.8 Å². The molecule has 11 nitrogen and oxygen atoms in total. The number of carbonyl (C=O) groups is 3. The van der Waals surface area contributed by atoms with E-state index >= 15 is 0 Å². The highest BCUT2D eigenvalue weighted by Crippen LogP contribution is 2.43. The van der Waals surface area contributed by atoms with E-state index in [1.54, 1.807) is 12.2 Å². The van der Waals surface area contributed by atoms with Crippen LogP contribution in [0.2, 0.25) is 0 Å². The fraction of sp³-hybridized carbons (Fsp3) is 0.659.